The molecule has 2 N–H and O–H groups in total. The van der Waals surface area contributed by atoms with Crippen LogP contribution in [0.4, 0.5) is 5.82 Å². The molecule has 0 fully saturated rings. The minimum atomic E-state index is -0.346. The molecule has 1 aromatic rings. The Hall–Kier alpha value is -1.60. The van der Waals surface area contributed by atoms with E-state index in [1.54, 1.807) is 18.2 Å². The third-order valence-corrected chi connectivity index (χ3v) is 2.91. The Labute approximate surface area is 95.9 Å². The lowest BCUT2D eigenvalue weighted by Crippen LogP contribution is -2.41. The third kappa shape index (κ3) is 2.71. The first-order valence-corrected chi connectivity index (χ1v) is 5.46. The van der Waals surface area contributed by atoms with Crippen molar-refractivity contribution in [3.05, 3.63) is 23.9 Å². The molecule has 1 aromatic heterocycles. The van der Waals surface area contributed by atoms with Crippen molar-refractivity contribution < 1.29 is 5.11 Å². The van der Waals surface area contributed by atoms with Crippen molar-refractivity contribution in [2.24, 2.45) is 0 Å². The summed E-state index contributed by atoms with van der Waals surface area (Å²) >= 11 is 0. The second-order valence-corrected chi connectivity index (χ2v) is 3.79. The van der Waals surface area contributed by atoms with Crippen LogP contribution in [0.15, 0.2) is 18.2 Å². The van der Waals surface area contributed by atoms with Gasteiger partial charge in [-0.1, -0.05) is 19.9 Å². The van der Waals surface area contributed by atoms with Crippen LogP contribution < -0.4 is 5.32 Å². The fraction of sp³-hybridized carbons (Fsp3) is 0.500. The Morgan fingerprint density at radius 1 is 1.44 bits per heavy atom. The molecule has 0 saturated heterocycles. The van der Waals surface area contributed by atoms with Crippen molar-refractivity contribution in [3.8, 4) is 6.07 Å². The molecule has 0 radical (unpaired) electrons. The van der Waals surface area contributed by atoms with Gasteiger partial charge in [-0.3, -0.25) is 0 Å². The van der Waals surface area contributed by atoms with Crippen LogP contribution in [-0.2, 0) is 0 Å². The van der Waals surface area contributed by atoms with E-state index in [-0.39, 0.29) is 12.1 Å². The van der Waals surface area contributed by atoms with E-state index in [9.17, 15) is 5.11 Å². The minimum Gasteiger partial charge on any atom is -0.394 e. The first kappa shape index (κ1) is 12.5. The highest BCUT2D eigenvalue weighted by Crippen LogP contribution is 2.20. The summed E-state index contributed by atoms with van der Waals surface area (Å²) in [5.41, 5.74) is 0.0326. The van der Waals surface area contributed by atoms with Crippen LogP contribution in [0.2, 0.25) is 0 Å². The first-order valence-electron chi connectivity index (χ1n) is 5.46. The normalized spacial score (nSPS) is 10.9. The fourth-order valence-electron chi connectivity index (χ4n) is 1.53. The van der Waals surface area contributed by atoms with Gasteiger partial charge in [-0.05, 0) is 25.0 Å². The Morgan fingerprint density at radius 2 is 2.12 bits per heavy atom. The number of aromatic nitrogens is 1. The minimum absolute atomic E-state index is 0.0540. The van der Waals surface area contributed by atoms with Gasteiger partial charge in [-0.15, -0.1) is 0 Å². The van der Waals surface area contributed by atoms with Crippen LogP contribution in [0.3, 0.4) is 0 Å². The molecule has 0 aliphatic carbocycles. The van der Waals surface area contributed by atoms with Crippen LogP contribution in [-0.4, -0.2) is 22.2 Å². The lowest BCUT2D eigenvalue weighted by atomic mass is 9.94. The van der Waals surface area contributed by atoms with E-state index in [1.807, 2.05) is 19.9 Å². The highest BCUT2D eigenvalue weighted by molar-refractivity contribution is 5.41. The molecule has 1 rings (SSSR count). The fourth-order valence-corrected chi connectivity index (χ4v) is 1.53. The lowest BCUT2D eigenvalue weighted by Gasteiger charge is -2.31. The summed E-state index contributed by atoms with van der Waals surface area (Å²) in [5.74, 6) is 0.636. The van der Waals surface area contributed by atoms with Gasteiger partial charge in [-0.2, -0.15) is 5.26 Å². The van der Waals surface area contributed by atoms with Gasteiger partial charge in [0.2, 0.25) is 0 Å². The summed E-state index contributed by atoms with van der Waals surface area (Å²) in [4.78, 5) is 4.14. The zero-order valence-electron chi connectivity index (χ0n) is 9.70. The number of aliphatic hydroxyl groups excluding tert-OH is 1. The van der Waals surface area contributed by atoms with E-state index in [1.165, 1.54) is 0 Å². The summed E-state index contributed by atoms with van der Waals surface area (Å²) < 4.78 is 0. The van der Waals surface area contributed by atoms with Gasteiger partial charge in [0.1, 0.15) is 17.6 Å². The zero-order chi connectivity index (χ0) is 12.0. The number of nitrogens with zero attached hydrogens (tertiary/aromatic N) is 2. The molecule has 16 heavy (non-hydrogen) atoms. The molecule has 0 aliphatic heterocycles. The smallest absolute Gasteiger partial charge is 0.142 e. The van der Waals surface area contributed by atoms with Crippen molar-refractivity contribution in [3.63, 3.8) is 0 Å². The maximum Gasteiger partial charge on any atom is 0.142 e. The predicted octanol–water partition coefficient (Wildman–Crippen LogP) is 1.92. The molecule has 0 bridgehead atoms. The van der Waals surface area contributed by atoms with Gasteiger partial charge >= 0.3 is 0 Å². The Bertz CT molecular complexity index is 372. The van der Waals surface area contributed by atoms with Gasteiger partial charge in [0.25, 0.3) is 0 Å². The number of anilines is 1. The topological polar surface area (TPSA) is 68.9 Å². The molecule has 0 aliphatic rings. The van der Waals surface area contributed by atoms with E-state index < -0.39 is 0 Å². The standard InChI is InChI=1S/C12H17N3O/c1-3-12(4-2,9-16)15-11-7-5-6-10(8-13)14-11/h5-7,16H,3-4,9H2,1-2H3,(H,14,15). The molecular formula is C12H17N3O. The van der Waals surface area contributed by atoms with Crippen LogP contribution >= 0.6 is 0 Å². The van der Waals surface area contributed by atoms with Crippen molar-refractivity contribution in [1.82, 2.24) is 4.98 Å². The molecule has 4 heteroatoms. The van der Waals surface area contributed by atoms with Crippen LogP contribution in [0.5, 0.6) is 0 Å². The van der Waals surface area contributed by atoms with Crippen molar-refractivity contribution >= 4 is 5.82 Å². The number of hydrogen-bond donors (Lipinski definition) is 2. The lowest BCUT2D eigenvalue weighted by molar-refractivity contribution is 0.202. The van der Waals surface area contributed by atoms with Crippen molar-refractivity contribution in [2.45, 2.75) is 32.2 Å². The highest BCUT2D eigenvalue weighted by atomic mass is 16.3. The van der Waals surface area contributed by atoms with Crippen LogP contribution in [0.1, 0.15) is 32.4 Å². The number of nitrogens with one attached hydrogen (secondary N) is 1. The molecule has 0 atom stereocenters. The molecule has 0 spiro atoms. The molecule has 1 heterocycles. The maximum atomic E-state index is 9.41. The third-order valence-electron chi connectivity index (χ3n) is 2.91. The Morgan fingerprint density at radius 3 is 2.62 bits per heavy atom. The average Bonchev–Trinajstić information content (AvgIpc) is 2.36. The summed E-state index contributed by atoms with van der Waals surface area (Å²) in [6.45, 7) is 4.08. The monoisotopic (exact) mass is 219 g/mol. The summed E-state index contributed by atoms with van der Waals surface area (Å²) in [5, 5.41) is 21.4. The zero-order valence-corrected chi connectivity index (χ0v) is 9.70. The summed E-state index contributed by atoms with van der Waals surface area (Å²) in [6.07, 6.45) is 1.61. The largest absolute Gasteiger partial charge is 0.394 e. The maximum absolute atomic E-state index is 9.41. The number of aliphatic hydroxyl groups is 1. The van der Waals surface area contributed by atoms with Gasteiger partial charge in [-0.25, -0.2) is 4.98 Å². The number of hydrogen-bond acceptors (Lipinski definition) is 4. The second-order valence-electron chi connectivity index (χ2n) is 3.79. The Kier molecular flexibility index (Phi) is 4.27. The molecule has 4 nitrogen and oxygen atoms in total. The van der Waals surface area contributed by atoms with Gasteiger partial charge in [0.05, 0.1) is 12.1 Å². The van der Waals surface area contributed by atoms with E-state index in [2.05, 4.69) is 10.3 Å². The SMILES string of the molecule is CCC(CC)(CO)Nc1cccc(C#N)n1. The second kappa shape index (κ2) is 5.47. The van der Waals surface area contributed by atoms with E-state index in [0.717, 1.165) is 12.8 Å². The molecule has 0 saturated carbocycles. The van der Waals surface area contributed by atoms with Gasteiger partial charge in [0, 0.05) is 0 Å². The van der Waals surface area contributed by atoms with Crippen LogP contribution in [0.25, 0.3) is 0 Å². The van der Waals surface area contributed by atoms with E-state index >= 15 is 0 Å². The number of pyridine rings is 1. The number of nitriles is 1. The van der Waals surface area contributed by atoms with Crippen molar-refractivity contribution in [2.75, 3.05) is 11.9 Å². The quantitative estimate of drug-likeness (QED) is 0.793. The molecule has 0 unspecified atom stereocenters. The number of rotatable bonds is 5. The summed E-state index contributed by atoms with van der Waals surface area (Å²) in [7, 11) is 0. The highest BCUT2D eigenvalue weighted by Gasteiger charge is 2.25. The van der Waals surface area contributed by atoms with Gasteiger partial charge in [0.15, 0.2) is 0 Å². The first-order chi connectivity index (χ1) is 7.69. The van der Waals surface area contributed by atoms with E-state index in [4.69, 9.17) is 5.26 Å². The van der Waals surface area contributed by atoms with Crippen LogP contribution in [0, 0.1) is 11.3 Å². The molecule has 86 valence electrons. The van der Waals surface area contributed by atoms with Gasteiger partial charge < -0.3 is 10.4 Å². The molecule has 0 amide bonds. The summed E-state index contributed by atoms with van der Waals surface area (Å²) in [6, 6.07) is 7.23. The van der Waals surface area contributed by atoms with Crippen molar-refractivity contribution in [1.29, 1.82) is 5.26 Å². The average molecular weight is 219 g/mol. The predicted molar refractivity (Wildman–Crippen MR) is 63.0 cm³/mol. The molecular weight excluding hydrogens is 202 g/mol. The molecule has 0 aromatic carbocycles. The van der Waals surface area contributed by atoms with E-state index in [0.29, 0.717) is 11.5 Å². The Balaban J connectivity index is 2.90.